The van der Waals surface area contributed by atoms with E-state index in [1.807, 2.05) is 31.2 Å². The highest BCUT2D eigenvalue weighted by Crippen LogP contribution is 2.21. The van der Waals surface area contributed by atoms with E-state index in [0.717, 1.165) is 30.5 Å². The molecule has 21 heavy (non-hydrogen) atoms. The van der Waals surface area contributed by atoms with Crippen LogP contribution in [0.5, 0.6) is 0 Å². The van der Waals surface area contributed by atoms with Gasteiger partial charge in [-0.1, -0.05) is 45.2 Å². The van der Waals surface area contributed by atoms with E-state index >= 15 is 0 Å². The normalized spacial score (nSPS) is 11.9. The number of nitrogens with one attached hydrogen (secondary N) is 1. The molecule has 0 aliphatic rings. The molecular weight excluding hydrogens is 266 g/mol. The van der Waals surface area contributed by atoms with Gasteiger partial charge in [0, 0.05) is 12.1 Å². The molecule has 0 radical (unpaired) electrons. The Balaban J connectivity index is 2.43. The molecular formula is C17H25NO3. The van der Waals surface area contributed by atoms with Crippen LogP contribution in [0.25, 0.3) is 0 Å². The Hall–Kier alpha value is -1.84. The van der Waals surface area contributed by atoms with Gasteiger partial charge in [-0.05, 0) is 30.0 Å². The summed E-state index contributed by atoms with van der Waals surface area (Å²) >= 11 is 0. The molecule has 0 spiro atoms. The molecule has 0 fully saturated rings. The smallest absolute Gasteiger partial charge is 0.303 e. The van der Waals surface area contributed by atoms with Crippen LogP contribution in [-0.4, -0.2) is 17.0 Å². The van der Waals surface area contributed by atoms with Gasteiger partial charge < -0.3 is 10.4 Å². The zero-order valence-corrected chi connectivity index (χ0v) is 12.9. The second-order valence-corrected chi connectivity index (χ2v) is 5.48. The van der Waals surface area contributed by atoms with Crippen molar-refractivity contribution in [1.82, 2.24) is 0 Å². The van der Waals surface area contributed by atoms with Gasteiger partial charge in [0.05, 0.1) is 6.42 Å². The summed E-state index contributed by atoms with van der Waals surface area (Å²) in [7, 11) is 0. The number of amides is 1. The third-order valence-corrected chi connectivity index (χ3v) is 3.50. The fourth-order valence-corrected chi connectivity index (χ4v) is 2.21. The van der Waals surface area contributed by atoms with E-state index in [0.29, 0.717) is 6.42 Å². The molecule has 4 heteroatoms. The van der Waals surface area contributed by atoms with Crippen molar-refractivity contribution < 1.29 is 14.7 Å². The van der Waals surface area contributed by atoms with Crippen LogP contribution in [0.3, 0.4) is 0 Å². The van der Waals surface area contributed by atoms with Crippen LogP contribution < -0.4 is 5.32 Å². The summed E-state index contributed by atoms with van der Waals surface area (Å²) in [5.41, 5.74) is 1.74. The summed E-state index contributed by atoms with van der Waals surface area (Å²) in [5, 5.41) is 11.7. The number of unbranched alkanes of at least 4 members (excludes halogenated alkanes) is 3. The number of carbonyl (C=O) groups is 2. The van der Waals surface area contributed by atoms with Gasteiger partial charge in [-0.3, -0.25) is 9.59 Å². The van der Waals surface area contributed by atoms with Gasteiger partial charge in [-0.25, -0.2) is 0 Å². The first-order chi connectivity index (χ1) is 10.0. The highest BCUT2D eigenvalue weighted by molar-refractivity contribution is 5.90. The molecule has 0 aliphatic carbocycles. The lowest BCUT2D eigenvalue weighted by Gasteiger charge is -2.10. The van der Waals surface area contributed by atoms with Crippen molar-refractivity contribution in [2.75, 3.05) is 5.32 Å². The summed E-state index contributed by atoms with van der Waals surface area (Å²) in [4.78, 5) is 22.4. The molecule has 0 aliphatic heterocycles. The van der Waals surface area contributed by atoms with Crippen LogP contribution in [0, 0.1) is 0 Å². The molecule has 1 aromatic carbocycles. The predicted molar refractivity (Wildman–Crippen MR) is 84.5 cm³/mol. The van der Waals surface area contributed by atoms with E-state index in [4.69, 9.17) is 5.11 Å². The van der Waals surface area contributed by atoms with Crippen molar-refractivity contribution in [1.29, 1.82) is 0 Å². The van der Waals surface area contributed by atoms with Crippen LogP contribution >= 0.6 is 0 Å². The summed E-state index contributed by atoms with van der Waals surface area (Å²) in [6.45, 7) is 4.03. The largest absolute Gasteiger partial charge is 0.481 e. The summed E-state index contributed by atoms with van der Waals surface area (Å²) in [6.07, 6.45) is 5.02. The summed E-state index contributed by atoms with van der Waals surface area (Å²) in [6, 6.07) is 7.41. The number of carboxylic acid groups (broad SMARTS) is 1. The maximum absolute atomic E-state index is 11.8. The highest BCUT2D eigenvalue weighted by atomic mass is 16.4. The zero-order chi connectivity index (χ0) is 15.7. The molecule has 0 aromatic heterocycles. The van der Waals surface area contributed by atoms with Crippen LogP contribution in [0.1, 0.15) is 63.9 Å². The van der Waals surface area contributed by atoms with Gasteiger partial charge in [-0.15, -0.1) is 0 Å². The van der Waals surface area contributed by atoms with E-state index in [1.165, 1.54) is 6.42 Å². The van der Waals surface area contributed by atoms with Gasteiger partial charge in [0.1, 0.15) is 0 Å². The maximum atomic E-state index is 11.8. The highest BCUT2D eigenvalue weighted by Gasteiger charge is 2.10. The molecule has 0 bridgehead atoms. The molecule has 0 heterocycles. The summed E-state index contributed by atoms with van der Waals surface area (Å²) in [5.74, 6) is -0.786. The Morgan fingerprint density at radius 1 is 1.14 bits per heavy atom. The van der Waals surface area contributed by atoms with Crippen LogP contribution in [0.2, 0.25) is 0 Å². The van der Waals surface area contributed by atoms with Gasteiger partial charge >= 0.3 is 5.97 Å². The Bertz CT molecular complexity index is 454. The molecule has 1 aromatic rings. The Morgan fingerprint density at radius 2 is 1.81 bits per heavy atom. The van der Waals surface area contributed by atoms with E-state index < -0.39 is 5.97 Å². The second-order valence-electron chi connectivity index (χ2n) is 5.48. The van der Waals surface area contributed by atoms with Gasteiger partial charge in [0.25, 0.3) is 0 Å². The molecule has 1 unspecified atom stereocenters. The van der Waals surface area contributed by atoms with Crippen LogP contribution in [0.4, 0.5) is 5.69 Å². The number of benzene rings is 1. The Labute approximate surface area is 126 Å². The number of hydrogen-bond acceptors (Lipinski definition) is 2. The third kappa shape index (κ3) is 6.93. The molecule has 0 saturated carbocycles. The van der Waals surface area contributed by atoms with Gasteiger partial charge in [0.2, 0.25) is 5.91 Å². The number of carbonyl (C=O) groups excluding carboxylic acids is 1. The van der Waals surface area contributed by atoms with Crippen molar-refractivity contribution in [2.45, 2.75) is 58.3 Å². The SMILES string of the molecule is CCCCCCC(=O)Nc1ccc(C(C)CC(=O)O)cc1. The molecule has 4 nitrogen and oxygen atoms in total. The Kier molecular flexibility index (Phi) is 7.51. The molecule has 1 rings (SSSR count). The van der Waals surface area contributed by atoms with Crippen molar-refractivity contribution in [3.05, 3.63) is 29.8 Å². The third-order valence-electron chi connectivity index (χ3n) is 3.50. The number of rotatable bonds is 9. The van der Waals surface area contributed by atoms with Crippen LogP contribution in [0.15, 0.2) is 24.3 Å². The average Bonchev–Trinajstić information content (AvgIpc) is 2.43. The summed E-state index contributed by atoms with van der Waals surface area (Å²) < 4.78 is 0. The topological polar surface area (TPSA) is 66.4 Å². The van der Waals surface area contributed by atoms with Gasteiger partial charge in [-0.2, -0.15) is 0 Å². The standard InChI is InChI=1S/C17H25NO3/c1-3-4-5-6-7-16(19)18-15-10-8-14(9-11-15)13(2)12-17(20)21/h8-11,13H,3-7,12H2,1-2H3,(H,18,19)(H,20,21). The maximum Gasteiger partial charge on any atom is 0.303 e. The van der Waals surface area contributed by atoms with Gasteiger partial charge in [0.15, 0.2) is 0 Å². The lowest BCUT2D eigenvalue weighted by atomic mass is 9.98. The quantitative estimate of drug-likeness (QED) is 0.671. The Morgan fingerprint density at radius 3 is 2.38 bits per heavy atom. The minimum absolute atomic E-state index is 0.0266. The molecule has 0 saturated heterocycles. The molecule has 116 valence electrons. The van der Waals surface area contributed by atoms with Crippen molar-refractivity contribution in [3.8, 4) is 0 Å². The second kappa shape index (κ2) is 9.16. The van der Waals surface area contributed by atoms with E-state index in [9.17, 15) is 9.59 Å². The van der Waals surface area contributed by atoms with E-state index in [-0.39, 0.29) is 18.2 Å². The number of hydrogen-bond donors (Lipinski definition) is 2. The number of carboxylic acids is 1. The monoisotopic (exact) mass is 291 g/mol. The lowest BCUT2D eigenvalue weighted by molar-refractivity contribution is -0.137. The van der Waals surface area contributed by atoms with Crippen molar-refractivity contribution >= 4 is 17.6 Å². The number of aliphatic carboxylic acids is 1. The van der Waals surface area contributed by atoms with E-state index in [1.54, 1.807) is 0 Å². The van der Waals surface area contributed by atoms with Crippen LogP contribution in [-0.2, 0) is 9.59 Å². The minimum atomic E-state index is -0.799. The molecule has 1 amide bonds. The predicted octanol–water partition coefficient (Wildman–Crippen LogP) is 4.17. The zero-order valence-electron chi connectivity index (χ0n) is 12.9. The fraction of sp³-hybridized carbons (Fsp3) is 0.529. The minimum Gasteiger partial charge on any atom is -0.481 e. The first kappa shape index (κ1) is 17.2. The van der Waals surface area contributed by atoms with Crippen molar-refractivity contribution in [3.63, 3.8) is 0 Å². The average molecular weight is 291 g/mol. The fourth-order valence-electron chi connectivity index (χ4n) is 2.21. The van der Waals surface area contributed by atoms with E-state index in [2.05, 4.69) is 12.2 Å². The first-order valence-electron chi connectivity index (χ1n) is 7.64. The number of anilines is 1. The molecule has 1 atom stereocenters. The molecule has 2 N–H and O–H groups in total. The lowest BCUT2D eigenvalue weighted by Crippen LogP contribution is -2.11. The first-order valence-corrected chi connectivity index (χ1v) is 7.64. The van der Waals surface area contributed by atoms with Crippen molar-refractivity contribution in [2.24, 2.45) is 0 Å².